The van der Waals surface area contributed by atoms with Crippen LogP contribution in [0.25, 0.3) is 11.1 Å². The van der Waals surface area contributed by atoms with Gasteiger partial charge >= 0.3 is 0 Å². The molecule has 142 valence electrons. The summed E-state index contributed by atoms with van der Waals surface area (Å²) < 4.78 is 5.57. The molecule has 1 saturated heterocycles. The van der Waals surface area contributed by atoms with Crippen molar-refractivity contribution in [3.63, 3.8) is 0 Å². The van der Waals surface area contributed by atoms with Crippen molar-refractivity contribution in [3.05, 3.63) is 54.4 Å². The number of nitrogens with one attached hydrogen (secondary N) is 1. The lowest BCUT2D eigenvalue weighted by molar-refractivity contribution is -0.137. The second kappa shape index (κ2) is 8.22. The molecular weight excluding hydrogens is 336 g/mol. The predicted molar refractivity (Wildman–Crippen MR) is 106 cm³/mol. The second-order valence-corrected chi connectivity index (χ2v) is 7.96. The van der Waals surface area contributed by atoms with E-state index in [1.165, 1.54) is 18.4 Å². The summed E-state index contributed by atoms with van der Waals surface area (Å²) >= 11 is 0. The van der Waals surface area contributed by atoms with Crippen LogP contribution in [0.4, 0.5) is 0 Å². The van der Waals surface area contributed by atoms with Crippen molar-refractivity contribution in [2.75, 3.05) is 13.2 Å². The van der Waals surface area contributed by atoms with Crippen LogP contribution < -0.4 is 5.32 Å². The van der Waals surface area contributed by atoms with Crippen molar-refractivity contribution in [2.45, 2.75) is 51.0 Å². The van der Waals surface area contributed by atoms with Crippen LogP contribution in [0.2, 0.25) is 0 Å². The lowest BCUT2D eigenvalue weighted by Crippen LogP contribution is -2.48. The van der Waals surface area contributed by atoms with E-state index in [4.69, 9.17) is 4.74 Å². The lowest BCUT2D eigenvalue weighted by Gasteiger charge is -2.37. The fourth-order valence-corrected chi connectivity index (χ4v) is 4.39. The third-order valence-electron chi connectivity index (χ3n) is 6.11. The molecule has 1 aromatic carbocycles. The smallest absolute Gasteiger partial charge is 0.226 e. The molecule has 2 aromatic rings. The summed E-state index contributed by atoms with van der Waals surface area (Å²) in [5, 5.41) is 3.34. The number of hydrogen-bond donors (Lipinski definition) is 1. The number of rotatable bonds is 5. The lowest BCUT2D eigenvalue weighted by atomic mass is 9.74. The van der Waals surface area contributed by atoms with Crippen molar-refractivity contribution in [3.8, 4) is 11.1 Å². The Bertz CT molecular complexity index is 746. The van der Waals surface area contributed by atoms with Crippen LogP contribution in [-0.4, -0.2) is 30.1 Å². The first kappa shape index (κ1) is 18.2. The van der Waals surface area contributed by atoms with Crippen molar-refractivity contribution >= 4 is 5.91 Å². The van der Waals surface area contributed by atoms with Crippen molar-refractivity contribution in [1.29, 1.82) is 0 Å². The van der Waals surface area contributed by atoms with Crippen molar-refractivity contribution in [2.24, 2.45) is 5.41 Å². The molecule has 2 heterocycles. The number of benzene rings is 1. The zero-order chi connectivity index (χ0) is 18.5. The molecule has 1 saturated carbocycles. The fourth-order valence-electron chi connectivity index (χ4n) is 4.39. The van der Waals surface area contributed by atoms with E-state index in [2.05, 4.69) is 40.6 Å². The number of nitrogens with zero attached hydrogens (tertiary/aromatic N) is 1. The van der Waals surface area contributed by atoms with Gasteiger partial charge in [-0.3, -0.25) is 9.78 Å². The van der Waals surface area contributed by atoms with Crippen molar-refractivity contribution in [1.82, 2.24) is 10.3 Å². The molecule has 4 rings (SSSR count). The number of carbonyl (C=O) groups excluding carboxylic acids is 1. The van der Waals surface area contributed by atoms with Crippen LogP contribution in [0.1, 0.15) is 44.1 Å². The zero-order valence-electron chi connectivity index (χ0n) is 15.8. The van der Waals surface area contributed by atoms with Gasteiger partial charge in [0.05, 0.1) is 5.41 Å². The second-order valence-electron chi connectivity index (χ2n) is 7.96. The van der Waals surface area contributed by atoms with E-state index < -0.39 is 0 Å². The van der Waals surface area contributed by atoms with E-state index in [9.17, 15) is 4.79 Å². The van der Waals surface area contributed by atoms with Gasteiger partial charge in [-0.15, -0.1) is 0 Å². The average Bonchev–Trinajstić information content (AvgIpc) is 3.23. The molecule has 1 aromatic heterocycles. The van der Waals surface area contributed by atoms with Gasteiger partial charge < -0.3 is 10.1 Å². The van der Waals surface area contributed by atoms with Crippen LogP contribution in [0, 0.1) is 5.41 Å². The summed E-state index contributed by atoms with van der Waals surface area (Å²) in [6.45, 7) is 1.34. The number of hydrogen-bond acceptors (Lipinski definition) is 3. The van der Waals surface area contributed by atoms with E-state index >= 15 is 0 Å². The Balaban J connectivity index is 1.50. The topological polar surface area (TPSA) is 51.2 Å². The van der Waals surface area contributed by atoms with E-state index in [0.717, 1.165) is 43.2 Å². The molecule has 1 amide bonds. The summed E-state index contributed by atoms with van der Waals surface area (Å²) in [5.41, 5.74) is 3.15. The van der Waals surface area contributed by atoms with Gasteiger partial charge in [0.25, 0.3) is 0 Å². The van der Waals surface area contributed by atoms with Gasteiger partial charge in [0, 0.05) is 31.6 Å². The molecule has 2 aliphatic rings. The molecule has 4 nitrogen and oxygen atoms in total. The van der Waals surface area contributed by atoms with E-state index in [1.54, 1.807) is 6.20 Å². The highest BCUT2D eigenvalue weighted by Gasteiger charge is 2.41. The number of pyridine rings is 1. The molecule has 27 heavy (non-hydrogen) atoms. The Labute approximate surface area is 161 Å². The summed E-state index contributed by atoms with van der Waals surface area (Å²) in [7, 11) is 0. The van der Waals surface area contributed by atoms with Gasteiger partial charge in [-0.25, -0.2) is 0 Å². The third kappa shape index (κ3) is 4.22. The Morgan fingerprint density at radius 1 is 1.07 bits per heavy atom. The van der Waals surface area contributed by atoms with Gasteiger partial charge in [-0.05, 0) is 54.9 Å². The maximum absolute atomic E-state index is 13.2. The Hall–Kier alpha value is -2.20. The van der Waals surface area contributed by atoms with E-state index in [-0.39, 0.29) is 11.3 Å². The Morgan fingerprint density at radius 2 is 1.81 bits per heavy atom. The normalized spacial score (nSPS) is 19.7. The summed E-state index contributed by atoms with van der Waals surface area (Å²) in [6.07, 6.45) is 10.8. The Kier molecular flexibility index (Phi) is 5.53. The summed E-state index contributed by atoms with van der Waals surface area (Å²) in [4.78, 5) is 17.4. The predicted octanol–water partition coefficient (Wildman–Crippen LogP) is 4.15. The zero-order valence-corrected chi connectivity index (χ0v) is 15.8. The number of carbonyl (C=O) groups is 1. The van der Waals surface area contributed by atoms with Gasteiger partial charge in [-0.2, -0.15) is 0 Å². The first-order valence-corrected chi connectivity index (χ1v) is 10.1. The standard InChI is InChI=1S/C23H28N2O2/c26-22(25-21-5-1-2-6-21)23(11-14-27-15-12-23)16-18-7-9-19(10-8-18)20-4-3-13-24-17-20/h3-4,7-10,13,17,21H,1-2,5-6,11-12,14-16H2,(H,25,26). The molecule has 1 aliphatic carbocycles. The van der Waals surface area contributed by atoms with Crippen LogP contribution in [0.15, 0.2) is 48.8 Å². The highest BCUT2D eigenvalue weighted by molar-refractivity contribution is 5.83. The summed E-state index contributed by atoms with van der Waals surface area (Å²) in [6, 6.07) is 13.0. The third-order valence-corrected chi connectivity index (χ3v) is 6.11. The summed E-state index contributed by atoms with van der Waals surface area (Å²) in [5.74, 6) is 0.231. The Morgan fingerprint density at radius 3 is 2.48 bits per heavy atom. The molecular formula is C23H28N2O2. The van der Waals surface area contributed by atoms with Gasteiger partial charge in [0.15, 0.2) is 0 Å². The van der Waals surface area contributed by atoms with Crippen LogP contribution in [-0.2, 0) is 16.0 Å². The molecule has 0 atom stereocenters. The maximum Gasteiger partial charge on any atom is 0.226 e. The highest BCUT2D eigenvalue weighted by atomic mass is 16.5. The van der Waals surface area contributed by atoms with Gasteiger partial charge in [0.2, 0.25) is 5.91 Å². The fraction of sp³-hybridized carbons (Fsp3) is 0.478. The first-order valence-electron chi connectivity index (χ1n) is 10.1. The SMILES string of the molecule is O=C(NC1CCCC1)C1(Cc2ccc(-c3cccnc3)cc2)CCOCC1. The molecule has 0 unspecified atom stereocenters. The minimum atomic E-state index is -0.337. The molecule has 4 heteroatoms. The minimum absolute atomic E-state index is 0.231. The molecule has 0 bridgehead atoms. The largest absolute Gasteiger partial charge is 0.381 e. The number of amides is 1. The maximum atomic E-state index is 13.2. The molecule has 1 N–H and O–H groups in total. The van der Waals surface area contributed by atoms with E-state index in [0.29, 0.717) is 19.3 Å². The number of aromatic nitrogens is 1. The van der Waals surface area contributed by atoms with Crippen LogP contribution >= 0.6 is 0 Å². The van der Waals surface area contributed by atoms with Crippen molar-refractivity contribution < 1.29 is 9.53 Å². The molecule has 1 aliphatic heterocycles. The van der Waals surface area contributed by atoms with Crippen LogP contribution in [0.3, 0.4) is 0 Å². The molecule has 0 radical (unpaired) electrons. The van der Waals surface area contributed by atoms with E-state index in [1.807, 2.05) is 12.3 Å². The average molecular weight is 364 g/mol. The quantitative estimate of drug-likeness (QED) is 0.867. The van der Waals surface area contributed by atoms with Crippen LogP contribution in [0.5, 0.6) is 0 Å². The highest BCUT2D eigenvalue weighted by Crippen LogP contribution is 2.36. The minimum Gasteiger partial charge on any atom is -0.381 e. The monoisotopic (exact) mass is 364 g/mol. The molecule has 2 fully saturated rings. The first-order chi connectivity index (χ1) is 13.3. The van der Waals surface area contributed by atoms with Gasteiger partial charge in [0.1, 0.15) is 0 Å². The van der Waals surface area contributed by atoms with Gasteiger partial charge in [-0.1, -0.05) is 43.2 Å². The number of ether oxygens (including phenoxy) is 1. The molecule has 0 spiro atoms.